The molecular formula is C28H29N3O6. The topological polar surface area (TPSA) is 132 Å². The predicted molar refractivity (Wildman–Crippen MR) is 141 cm³/mol. The molecule has 0 radical (unpaired) electrons. The van der Waals surface area contributed by atoms with E-state index in [0.717, 1.165) is 5.56 Å². The van der Waals surface area contributed by atoms with Gasteiger partial charge >= 0.3 is 6.09 Å². The Bertz CT molecular complexity index is 1280. The standard InChI is InChI=1S/C28H29N3O6/c1-18(6-2-5-9-26(33)31-23-8-4-3-7-22(23)29)27(19-10-13-21(32)14-11-19)37-28(34)30-20-12-15-24-25(16-20)36-17-35-24/h3-5,7-16,18,27,32H,2,6,17,29H2,1H3,(H,30,34)(H,31,33)/b9-5+/t18-,27+/m0/s1. The van der Waals surface area contributed by atoms with E-state index in [1.54, 1.807) is 72.8 Å². The summed E-state index contributed by atoms with van der Waals surface area (Å²) in [6.07, 6.45) is 3.24. The lowest BCUT2D eigenvalue weighted by molar-refractivity contribution is -0.111. The molecule has 2 amide bonds. The van der Waals surface area contributed by atoms with Crippen LogP contribution in [0.3, 0.4) is 0 Å². The van der Waals surface area contributed by atoms with Gasteiger partial charge < -0.3 is 30.4 Å². The van der Waals surface area contributed by atoms with Crippen LogP contribution < -0.4 is 25.8 Å². The zero-order valence-electron chi connectivity index (χ0n) is 20.3. The molecule has 37 heavy (non-hydrogen) atoms. The summed E-state index contributed by atoms with van der Waals surface area (Å²) in [5, 5.41) is 15.2. The highest BCUT2D eigenvalue weighted by Gasteiger charge is 2.24. The Balaban J connectivity index is 1.36. The first kappa shape index (κ1) is 25.4. The van der Waals surface area contributed by atoms with Crippen molar-refractivity contribution in [1.82, 2.24) is 0 Å². The number of nitrogen functional groups attached to an aromatic ring is 1. The molecule has 0 fully saturated rings. The predicted octanol–water partition coefficient (Wildman–Crippen LogP) is 5.60. The Kier molecular flexibility index (Phi) is 8.15. The molecule has 0 aliphatic carbocycles. The van der Waals surface area contributed by atoms with Crippen molar-refractivity contribution in [2.75, 3.05) is 23.2 Å². The number of aromatic hydroxyl groups is 1. The molecule has 0 spiro atoms. The highest BCUT2D eigenvalue weighted by Crippen LogP contribution is 2.35. The van der Waals surface area contributed by atoms with Crippen molar-refractivity contribution < 1.29 is 28.9 Å². The lowest BCUT2D eigenvalue weighted by Crippen LogP contribution is -2.22. The fraction of sp³-hybridized carbons (Fsp3) is 0.214. The second-order valence-electron chi connectivity index (χ2n) is 8.64. The monoisotopic (exact) mass is 503 g/mol. The lowest BCUT2D eigenvalue weighted by Gasteiger charge is -2.24. The van der Waals surface area contributed by atoms with E-state index in [-0.39, 0.29) is 24.4 Å². The number of nitrogens with two attached hydrogens (primary N) is 1. The number of hydrogen-bond acceptors (Lipinski definition) is 7. The van der Waals surface area contributed by atoms with E-state index in [1.807, 2.05) is 6.92 Å². The third kappa shape index (κ3) is 6.94. The molecule has 0 bridgehead atoms. The number of benzene rings is 3. The van der Waals surface area contributed by atoms with Gasteiger partial charge in [-0.25, -0.2) is 4.79 Å². The molecule has 4 rings (SSSR count). The summed E-state index contributed by atoms with van der Waals surface area (Å²) in [7, 11) is 0. The zero-order chi connectivity index (χ0) is 26.2. The van der Waals surface area contributed by atoms with Crippen molar-refractivity contribution in [3.8, 4) is 17.2 Å². The van der Waals surface area contributed by atoms with E-state index in [1.165, 1.54) is 6.08 Å². The van der Waals surface area contributed by atoms with E-state index in [9.17, 15) is 14.7 Å². The van der Waals surface area contributed by atoms with Crippen LogP contribution in [0.25, 0.3) is 0 Å². The van der Waals surface area contributed by atoms with Gasteiger partial charge in [0.05, 0.1) is 11.4 Å². The summed E-state index contributed by atoms with van der Waals surface area (Å²) >= 11 is 0. The maximum atomic E-state index is 12.8. The van der Waals surface area contributed by atoms with Crippen molar-refractivity contribution >= 4 is 29.1 Å². The Hall–Kier alpha value is -4.66. The van der Waals surface area contributed by atoms with Gasteiger partial charge in [0.2, 0.25) is 12.7 Å². The maximum Gasteiger partial charge on any atom is 0.412 e. The van der Waals surface area contributed by atoms with Crippen LogP contribution in [-0.2, 0) is 9.53 Å². The maximum absolute atomic E-state index is 12.8. The molecule has 5 N–H and O–H groups in total. The van der Waals surface area contributed by atoms with Crippen LogP contribution in [0.5, 0.6) is 17.2 Å². The average molecular weight is 504 g/mol. The van der Waals surface area contributed by atoms with Gasteiger partial charge in [-0.3, -0.25) is 10.1 Å². The van der Waals surface area contributed by atoms with Gasteiger partial charge in [0.25, 0.3) is 0 Å². The van der Waals surface area contributed by atoms with Gasteiger partial charge in [-0.1, -0.05) is 37.3 Å². The van der Waals surface area contributed by atoms with Crippen molar-refractivity contribution in [1.29, 1.82) is 0 Å². The highest BCUT2D eigenvalue weighted by molar-refractivity contribution is 6.01. The van der Waals surface area contributed by atoms with E-state index in [4.69, 9.17) is 19.9 Å². The SMILES string of the molecule is C[C@@H](CC/C=C/C(=O)Nc1ccccc1N)[C@@H](OC(=O)Nc1ccc2c(c1)OCO2)c1ccc(O)cc1. The number of para-hydroxylation sites is 2. The van der Waals surface area contributed by atoms with Gasteiger partial charge in [-0.15, -0.1) is 0 Å². The fourth-order valence-corrected chi connectivity index (χ4v) is 3.90. The summed E-state index contributed by atoms with van der Waals surface area (Å²) in [6, 6.07) is 18.7. The number of phenols is 1. The van der Waals surface area contributed by atoms with Gasteiger partial charge in [0, 0.05) is 11.8 Å². The lowest BCUT2D eigenvalue weighted by atomic mass is 9.93. The second kappa shape index (κ2) is 11.9. The normalized spacial score (nSPS) is 13.6. The molecule has 1 aliphatic rings. The van der Waals surface area contributed by atoms with Crippen LogP contribution in [-0.4, -0.2) is 23.9 Å². The van der Waals surface area contributed by atoms with Crippen molar-refractivity contribution in [2.45, 2.75) is 25.9 Å². The molecule has 1 heterocycles. The summed E-state index contributed by atoms with van der Waals surface area (Å²) in [5.74, 6) is 0.910. The largest absolute Gasteiger partial charge is 0.508 e. The zero-order valence-corrected chi connectivity index (χ0v) is 20.3. The number of hydrogen-bond donors (Lipinski definition) is 4. The Morgan fingerprint density at radius 3 is 2.59 bits per heavy atom. The summed E-state index contributed by atoms with van der Waals surface area (Å²) in [5.41, 5.74) is 8.16. The van der Waals surface area contributed by atoms with Gasteiger partial charge in [-0.2, -0.15) is 0 Å². The summed E-state index contributed by atoms with van der Waals surface area (Å²) < 4.78 is 16.5. The first-order chi connectivity index (χ1) is 17.9. The smallest absolute Gasteiger partial charge is 0.412 e. The first-order valence-electron chi connectivity index (χ1n) is 11.9. The molecule has 1 aliphatic heterocycles. The number of anilines is 3. The molecule has 0 saturated carbocycles. The minimum Gasteiger partial charge on any atom is -0.508 e. The molecule has 2 atom stereocenters. The number of amides is 2. The fourth-order valence-electron chi connectivity index (χ4n) is 3.90. The van der Waals surface area contributed by atoms with Crippen LogP contribution in [0.4, 0.5) is 21.9 Å². The number of rotatable bonds is 9. The van der Waals surface area contributed by atoms with Gasteiger partial charge in [0.1, 0.15) is 11.9 Å². The van der Waals surface area contributed by atoms with Crippen LogP contribution in [0.15, 0.2) is 78.9 Å². The highest BCUT2D eigenvalue weighted by atomic mass is 16.7. The number of nitrogens with one attached hydrogen (secondary N) is 2. The minimum absolute atomic E-state index is 0.0930. The minimum atomic E-state index is -0.626. The number of phenolic OH excluding ortho intramolecular Hbond substituents is 1. The third-order valence-corrected chi connectivity index (χ3v) is 5.87. The molecule has 9 heteroatoms. The summed E-state index contributed by atoms with van der Waals surface area (Å²) in [4.78, 5) is 25.0. The Morgan fingerprint density at radius 2 is 1.81 bits per heavy atom. The number of fused-ring (bicyclic) bond motifs is 1. The summed E-state index contributed by atoms with van der Waals surface area (Å²) in [6.45, 7) is 2.10. The van der Waals surface area contributed by atoms with E-state index >= 15 is 0 Å². The van der Waals surface area contributed by atoms with E-state index in [2.05, 4.69) is 10.6 Å². The number of ether oxygens (including phenoxy) is 3. The van der Waals surface area contributed by atoms with E-state index < -0.39 is 12.2 Å². The Morgan fingerprint density at radius 1 is 1.05 bits per heavy atom. The van der Waals surface area contributed by atoms with Gasteiger partial charge in [-0.05, 0) is 66.8 Å². The molecule has 3 aromatic rings. The quantitative estimate of drug-likeness (QED) is 0.221. The van der Waals surface area contributed by atoms with Crippen LogP contribution in [0.1, 0.15) is 31.4 Å². The van der Waals surface area contributed by atoms with Crippen LogP contribution >= 0.6 is 0 Å². The molecule has 0 saturated heterocycles. The molecule has 192 valence electrons. The number of carbonyl (C=O) groups excluding carboxylic acids is 2. The number of allylic oxidation sites excluding steroid dienone is 1. The van der Waals surface area contributed by atoms with Crippen LogP contribution in [0.2, 0.25) is 0 Å². The average Bonchev–Trinajstić information content (AvgIpc) is 3.35. The number of carbonyl (C=O) groups is 2. The second-order valence-corrected chi connectivity index (χ2v) is 8.64. The van der Waals surface area contributed by atoms with Crippen molar-refractivity contribution in [3.63, 3.8) is 0 Å². The molecular weight excluding hydrogens is 474 g/mol. The molecule has 3 aromatic carbocycles. The molecule has 9 nitrogen and oxygen atoms in total. The van der Waals surface area contributed by atoms with Crippen LogP contribution in [0, 0.1) is 5.92 Å². The third-order valence-electron chi connectivity index (χ3n) is 5.87. The Labute approximate surface area is 214 Å². The van der Waals surface area contributed by atoms with Crippen molar-refractivity contribution in [2.24, 2.45) is 5.92 Å². The van der Waals surface area contributed by atoms with Gasteiger partial charge in [0.15, 0.2) is 11.5 Å². The van der Waals surface area contributed by atoms with Crippen molar-refractivity contribution in [3.05, 3.63) is 84.4 Å². The first-order valence-corrected chi connectivity index (χ1v) is 11.9. The molecule has 0 unspecified atom stereocenters. The molecule has 0 aromatic heterocycles. The van der Waals surface area contributed by atoms with E-state index in [0.29, 0.717) is 41.4 Å².